The summed E-state index contributed by atoms with van der Waals surface area (Å²) in [5.74, 6) is 0. The first-order valence-corrected chi connectivity index (χ1v) is 5.16. The molecule has 0 unspecified atom stereocenters. The Labute approximate surface area is 93.5 Å². The molecule has 2 N–H and O–H groups in total. The lowest BCUT2D eigenvalue weighted by Crippen LogP contribution is -2.06. The summed E-state index contributed by atoms with van der Waals surface area (Å²) in [4.78, 5) is 4.02. The zero-order valence-corrected chi connectivity index (χ0v) is 8.98. The van der Waals surface area contributed by atoms with Crippen LogP contribution in [-0.4, -0.2) is 16.1 Å². The van der Waals surface area contributed by atoms with Gasteiger partial charge >= 0.3 is 0 Å². The Hall–Kier alpha value is -1.32. The maximum Gasteiger partial charge on any atom is 0.0991 e. The molecule has 0 radical (unpaired) electrons. The zero-order chi connectivity index (χ0) is 10.7. The largest absolute Gasteiger partial charge is 0.330 e. The molecule has 1 aromatic heterocycles. The molecule has 1 aromatic carbocycles. The highest BCUT2D eigenvalue weighted by Crippen LogP contribution is 2.23. The maximum absolute atomic E-state index is 6.14. The number of aromatic nitrogens is 2. The average molecular weight is 222 g/mol. The number of nitrogens with two attached hydrogens (primary N) is 1. The number of hydrogen-bond donors (Lipinski definition) is 1. The van der Waals surface area contributed by atoms with Gasteiger partial charge < -0.3 is 10.3 Å². The van der Waals surface area contributed by atoms with Crippen molar-refractivity contribution in [3.8, 4) is 5.69 Å². The third kappa shape index (κ3) is 2.03. The van der Waals surface area contributed by atoms with Crippen molar-refractivity contribution in [3.63, 3.8) is 0 Å². The molecule has 1 heterocycles. The molecule has 0 saturated carbocycles. The summed E-state index contributed by atoms with van der Waals surface area (Å²) in [5.41, 5.74) is 7.68. The van der Waals surface area contributed by atoms with Gasteiger partial charge in [-0.3, -0.25) is 0 Å². The Morgan fingerprint density at radius 1 is 1.40 bits per heavy atom. The van der Waals surface area contributed by atoms with Crippen LogP contribution in [0.15, 0.2) is 36.9 Å². The standard InChI is InChI=1S/C11H12ClN3/c12-10-2-1-3-11(9(10)4-5-13)15-7-6-14-8-15/h1-3,6-8H,4-5,13H2. The number of halogens is 1. The van der Waals surface area contributed by atoms with Crippen molar-refractivity contribution in [1.82, 2.24) is 9.55 Å². The quantitative estimate of drug-likeness (QED) is 0.862. The Balaban J connectivity index is 2.51. The molecule has 0 amide bonds. The topological polar surface area (TPSA) is 43.8 Å². The third-order valence-corrected chi connectivity index (χ3v) is 2.63. The molecule has 0 aliphatic rings. The lowest BCUT2D eigenvalue weighted by Gasteiger charge is -2.10. The van der Waals surface area contributed by atoms with Crippen molar-refractivity contribution in [2.45, 2.75) is 6.42 Å². The summed E-state index contributed by atoms with van der Waals surface area (Å²) >= 11 is 6.14. The molecule has 0 bridgehead atoms. The summed E-state index contributed by atoms with van der Waals surface area (Å²) in [7, 11) is 0. The van der Waals surface area contributed by atoms with Crippen LogP contribution in [-0.2, 0) is 6.42 Å². The van der Waals surface area contributed by atoms with Crippen LogP contribution >= 0.6 is 11.6 Å². The summed E-state index contributed by atoms with van der Waals surface area (Å²) in [6.45, 7) is 0.589. The Bertz CT molecular complexity index is 437. The van der Waals surface area contributed by atoms with E-state index in [2.05, 4.69) is 4.98 Å². The molecule has 0 aliphatic carbocycles. The molecule has 78 valence electrons. The molecular formula is C11H12ClN3. The summed E-state index contributed by atoms with van der Waals surface area (Å²) in [6, 6.07) is 5.82. The molecule has 3 nitrogen and oxygen atoms in total. The minimum atomic E-state index is 0.589. The van der Waals surface area contributed by atoms with E-state index in [0.29, 0.717) is 6.54 Å². The number of nitrogens with zero attached hydrogens (tertiary/aromatic N) is 2. The Kier molecular flexibility index (Phi) is 3.04. The highest BCUT2D eigenvalue weighted by Gasteiger charge is 2.07. The average Bonchev–Trinajstić information content (AvgIpc) is 2.74. The lowest BCUT2D eigenvalue weighted by atomic mass is 10.1. The van der Waals surface area contributed by atoms with Gasteiger partial charge in [0.15, 0.2) is 0 Å². The van der Waals surface area contributed by atoms with Crippen molar-refractivity contribution in [3.05, 3.63) is 47.5 Å². The first kappa shape index (κ1) is 10.2. The minimum Gasteiger partial charge on any atom is -0.330 e. The van der Waals surface area contributed by atoms with Gasteiger partial charge in [0, 0.05) is 17.4 Å². The van der Waals surface area contributed by atoms with Crippen LogP contribution in [0.3, 0.4) is 0 Å². The van der Waals surface area contributed by atoms with E-state index in [0.717, 1.165) is 22.7 Å². The van der Waals surface area contributed by atoms with Gasteiger partial charge in [0.05, 0.1) is 12.0 Å². The molecule has 0 saturated heterocycles. The fourth-order valence-corrected chi connectivity index (χ4v) is 1.85. The van der Waals surface area contributed by atoms with Gasteiger partial charge in [-0.25, -0.2) is 4.98 Å². The van der Waals surface area contributed by atoms with Crippen molar-refractivity contribution in [2.75, 3.05) is 6.54 Å². The second-order valence-corrected chi connectivity index (χ2v) is 3.65. The van der Waals surface area contributed by atoms with E-state index < -0.39 is 0 Å². The highest BCUT2D eigenvalue weighted by molar-refractivity contribution is 6.31. The Morgan fingerprint density at radius 2 is 2.27 bits per heavy atom. The number of hydrogen-bond acceptors (Lipinski definition) is 2. The van der Waals surface area contributed by atoms with E-state index in [-0.39, 0.29) is 0 Å². The molecule has 4 heteroatoms. The fourth-order valence-electron chi connectivity index (χ4n) is 1.58. The first-order chi connectivity index (χ1) is 7.33. The van der Waals surface area contributed by atoms with Crippen LogP contribution in [0.2, 0.25) is 5.02 Å². The van der Waals surface area contributed by atoms with Crippen LogP contribution in [0.25, 0.3) is 5.69 Å². The van der Waals surface area contributed by atoms with Crippen molar-refractivity contribution in [1.29, 1.82) is 0 Å². The fraction of sp³-hybridized carbons (Fsp3) is 0.182. The van der Waals surface area contributed by atoms with E-state index in [9.17, 15) is 0 Å². The van der Waals surface area contributed by atoms with Crippen LogP contribution in [0, 0.1) is 0 Å². The number of imidazole rings is 1. The van der Waals surface area contributed by atoms with Crippen molar-refractivity contribution >= 4 is 11.6 Å². The molecule has 0 atom stereocenters. The molecular weight excluding hydrogens is 210 g/mol. The predicted molar refractivity (Wildman–Crippen MR) is 61.3 cm³/mol. The van der Waals surface area contributed by atoms with Gasteiger partial charge in [-0.1, -0.05) is 17.7 Å². The first-order valence-electron chi connectivity index (χ1n) is 4.78. The van der Waals surface area contributed by atoms with Crippen molar-refractivity contribution in [2.24, 2.45) is 5.73 Å². The summed E-state index contributed by atoms with van der Waals surface area (Å²) < 4.78 is 1.94. The maximum atomic E-state index is 6.14. The van der Waals surface area contributed by atoms with Crippen LogP contribution in [0.1, 0.15) is 5.56 Å². The summed E-state index contributed by atoms with van der Waals surface area (Å²) in [5, 5.41) is 0.756. The SMILES string of the molecule is NCCc1c(Cl)cccc1-n1ccnc1. The van der Waals surface area contributed by atoms with Crippen LogP contribution in [0.5, 0.6) is 0 Å². The van der Waals surface area contributed by atoms with Gasteiger partial charge in [0.1, 0.15) is 0 Å². The molecule has 0 fully saturated rings. The second-order valence-electron chi connectivity index (χ2n) is 3.25. The number of benzene rings is 1. The normalized spacial score (nSPS) is 10.5. The molecule has 0 aliphatic heterocycles. The van der Waals surface area contributed by atoms with Crippen LogP contribution in [0.4, 0.5) is 0 Å². The van der Waals surface area contributed by atoms with E-state index in [1.165, 1.54) is 0 Å². The second kappa shape index (κ2) is 4.47. The predicted octanol–water partition coefficient (Wildman–Crippen LogP) is 2.03. The molecule has 0 spiro atoms. The van der Waals surface area contributed by atoms with Gasteiger partial charge in [-0.2, -0.15) is 0 Å². The van der Waals surface area contributed by atoms with E-state index in [4.69, 9.17) is 17.3 Å². The zero-order valence-electron chi connectivity index (χ0n) is 8.23. The summed E-state index contributed by atoms with van der Waals surface area (Å²) in [6.07, 6.45) is 6.16. The van der Waals surface area contributed by atoms with E-state index >= 15 is 0 Å². The van der Waals surface area contributed by atoms with Gasteiger partial charge in [-0.05, 0) is 30.7 Å². The Morgan fingerprint density at radius 3 is 2.93 bits per heavy atom. The molecule has 15 heavy (non-hydrogen) atoms. The van der Waals surface area contributed by atoms with Crippen LogP contribution < -0.4 is 5.73 Å². The lowest BCUT2D eigenvalue weighted by molar-refractivity contribution is 0.935. The third-order valence-electron chi connectivity index (χ3n) is 2.27. The minimum absolute atomic E-state index is 0.589. The van der Waals surface area contributed by atoms with Gasteiger partial charge in [0.25, 0.3) is 0 Å². The van der Waals surface area contributed by atoms with Gasteiger partial charge in [0.2, 0.25) is 0 Å². The van der Waals surface area contributed by atoms with Gasteiger partial charge in [-0.15, -0.1) is 0 Å². The van der Waals surface area contributed by atoms with E-state index in [1.54, 1.807) is 12.5 Å². The number of rotatable bonds is 3. The van der Waals surface area contributed by atoms with Crippen molar-refractivity contribution < 1.29 is 0 Å². The highest BCUT2D eigenvalue weighted by atomic mass is 35.5. The molecule has 2 rings (SSSR count). The monoisotopic (exact) mass is 221 g/mol. The van der Waals surface area contributed by atoms with E-state index in [1.807, 2.05) is 29.0 Å². The smallest absolute Gasteiger partial charge is 0.0991 e. The molecule has 2 aromatic rings.